The molecule has 1 aliphatic heterocycles. The lowest BCUT2D eigenvalue weighted by Gasteiger charge is -2.34. The van der Waals surface area contributed by atoms with Crippen LogP contribution in [-0.2, 0) is 4.79 Å². The third kappa shape index (κ3) is 3.49. The van der Waals surface area contributed by atoms with Crippen molar-refractivity contribution in [3.8, 4) is 0 Å². The average molecular weight is 293 g/mol. The van der Waals surface area contributed by atoms with Crippen LogP contribution in [0.3, 0.4) is 0 Å². The van der Waals surface area contributed by atoms with Gasteiger partial charge in [-0.3, -0.25) is 4.79 Å². The van der Waals surface area contributed by atoms with E-state index >= 15 is 0 Å². The van der Waals surface area contributed by atoms with Crippen LogP contribution in [0.25, 0.3) is 0 Å². The quantitative estimate of drug-likeness (QED) is 0.886. The van der Waals surface area contributed by atoms with Crippen molar-refractivity contribution in [2.45, 2.75) is 46.6 Å². The molecule has 6 heteroatoms. The zero-order valence-electron chi connectivity index (χ0n) is 13.5. The molecular weight excluding hydrogens is 266 g/mol. The second-order valence-electron chi connectivity index (χ2n) is 6.23. The number of nitrogens with one attached hydrogen (secondary N) is 1. The van der Waals surface area contributed by atoms with Gasteiger partial charge in [0, 0.05) is 32.6 Å². The Morgan fingerprint density at radius 1 is 1.43 bits per heavy atom. The molecule has 2 heterocycles. The van der Waals surface area contributed by atoms with Crippen molar-refractivity contribution in [3.05, 3.63) is 5.69 Å². The summed E-state index contributed by atoms with van der Waals surface area (Å²) < 4.78 is 2.03. The number of hydrogen-bond acceptors (Lipinski definition) is 4. The number of nitrogens with zero attached hydrogens (tertiary/aromatic N) is 3. The largest absolute Gasteiger partial charge is 0.394 e. The van der Waals surface area contributed by atoms with Gasteiger partial charge in [0.1, 0.15) is 0 Å². The number of aromatic nitrogens is 2. The van der Waals surface area contributed by atoms with Crippen molar-refractivity contribution in [2.24, 2.45) is 5.92 Å². The third-order valence-corrected chi connectivity index (χ3v) is 4.15. The van der Waals surface area contributed by atoms with Gasteiger partial charge in [0.05, 0.1) is 11.4 Å². The second-order valence-corrected chi connectivity index (χ2v) is 6.23. The molecule has 0 aromatic carbocycles. The molecule has 1 amide bonds. The monoisotopic (exact) mass is 293 g/mol. The molecule has 21 heavy (non-hydrogen) atoms. The van der Waals surface area contributed by atoms with Gasteiger partial charge in [-0.2, -0.15) is 5.10 Å². The van der Waals surface area contributed by atoms with E-state index in [0.29, 0.717) is 12.0 Å². The van der Waals surface area contributed by atoms with E-state index in [4.69, 9.17) is 5.73 Å². The smallest absolute Gasteiger partial charge is 0.216 e. The number of nitrogens with two attached hydrogens (primary N) is 1. The Bertz CT molecular complexity index is 500. The van der Waals surface area contributed by atoms with Gasteiger partial charge in [-0.1, -0.05) is 0 Å². The Hall–Kier alpha value is -1.72. The maximum Gasteiger partial charge on any atom is 0.216 e. The Morgan fingerprint density at radius 3 is 2.57 bits per heavy atom. The lowest BCUT2D eigenvalue weighted by Crippen LogP contribution is -2.39. The fourth-order valence-electron chi connectivity index (χ4n) is 2.86. The maximum atomic E-state index is 11.0. The summed E-state index contributed by atoms with van der Waals surface area (Å²) in [7, 11) is 0. The van der Waals surface area contributed by atoms with Crippen molar-refractivity contribution in [1.29, 1.82) is 0 Å². The summed E-state index contributed by atoms with van der Waals surface area (Å²) in [5.41, 5.74) is 7.92. The summed E-state index contributed by atoms with van der Waals surface area (Å²) in [5.74, 6) is 1.67. The first-order chi connectivity index (χ1) is 9.90. The van der Waals surface area contributed by atoms with E-state index in [1.807, 2.05) is 11.6 Å². The Kier molecular flexibility index (Phi) is 4.75. The standard InChI is InChI=1S/C15H27N5O/c1-10(2)20-15(14(16)11(3)18-20)19-7-5-13(6-8-19)9-17-12(4)21/h10,13H,5-9,16H2,1-4H3,(H,17,21). The molecule has 0 aliphatic carbocycles. The van der Waals surface area contributed by atoms with Crippen molar-refractivity contribution in [3.63, 3.8) is 0 Å². The number of aryl methyl sites for hydroxylation is 1. The van der Waals surface area contributed by atoms with Gasteiger partial charge in [0.2, 0.25) is 5.91 Å². The average Bonchev–Trinajstić information content (AvgIpc) is 2.74. The van der Waals surface area contributed by atoms with E-state index in [1.54, 1.807) is 6.92 Å². The molecule has 0 atom stereocenters. The van der Waals surface area contributed by atoms with Crippen LogP contribution in [0.2, 0.25) is 0 Å². The van der Waals surface area contributed by atoms with Gasteiger partial charge >= 0.3 is 0 Å². The first-order valence-corrected chi connectivity index (χ1v) is 7.74. The van der Waals surface area contributed by atoms with Crippen LogP contribution in [0.15, 0.2) is 0 Å². The van der Waals surface area contributed by atoms with E-state index in [1.165, 1.54) is 0 Å². The van der Waals surface area contributed by atoms with Crippen molar-refractivity contribution in [1.82, 2.24) is 15.1 Å². The molecule has 3 N–H and O–H groups in total. The molecule has 1 fully saturated rings. The zero-order chi connectivity index (χ0) is 15.6. The summed E-state index contributed by atoms with van der Waals surface area (Å²) in [6.45, 7) is 10.5. The molecule has 1 aliphatic rings. The molecule has 0 bridgehead atoms. The highest BCUT2D eigenvalue weighted by Crippen LogP contribution is 2.32. The van der Waals surface area contributed by atoms with Crippen LogP contribution in [-0.4, -0.2) is 35.3 Å². The van der Waals surface area contributed by atoms with Crippen molar-refractivity contribution in [2.75, 3.05) is 30.3 Å². The first-order valence-electron chi connectivity index (χ1n) is 7.74. The lowest BCUT2D eigenvalue weighted by atomic mass is 9.96. The van der Waals surface area contributed by atoms with Crippen molar-refractivity contribution >= 4 is 17.4 Å². The molecule has 6 nitrogen and oxygen atoms in total. The van der Waals surface area contributed by atoms with Crippen LogP contribution in [0, 0.1) is 12.8 Å². The number of amides is 1. The Balaban J connectivity index is 2.04. The summed E-state index contributed by atoms with van der Waals surface area (Å²) in [5, 5.41) is 7.47. The topological polar surface area (TPSA) is 76.2 Å². The normalized spacial score (nSPS) is 16.5. The van der Waals surface area contributed by atoms with E-state index in [-0.39, 0.29) is 5.91 Å². The van der Waals surface area contributed by atoms with Gasteiger partial charge < -0.3 is 16.0 Å². The van der Waals surface area contributed by atoms with Gasteiger partial charge in [-0.05, 0) is 39.5 Å². The molecule has 1 saturated heterocycles. The fraction of sp³-hybridized carbons (Fsp3) is 0.733. The van der Waals surface area contributed by atoms with Gasteiger partial charge in [0.25, 0.3) is 0 Å². The summed E-state index contributed by atoms with van der Waals surface area (Å²) in [6.07, 6.45) is 2.14. The number of nitrogen functional groups attached to an aromatic ring is 1. The van der Waals surface area contributed by atoms with E-state index < -0.39 is 0 Å². The highest BCUT2D eigenvalue weighted by molar-refractivity contribution is 5.72. The molecular formula is C15H27N5O. The number of carbonyl (C=O) groups excluding carboxylic acids is 1. The fourth-order valence-corrected chi connectivity index (χ4v) is 2.86. The number of anilines is 2. The van der Waals surface area contributed by atoms with E-state index in [0.717, 1.165) is 49.7 Å². The number of rotatable bonds is 4. The van der Waals surface area contributed by atoms with Crippen molar-refractivity contribution < 1.29 is 4.79 Å². The minimum absolute atomic E-state index is 0.0511. The highest BCUT2D eigenvalue weighted by Gasteiger charge is 2.25. The minimum Gasteiger partial charge on any atom is -0.394 e. The summed E-state index contributed by atoms with van der Waals surface area (Å²) in [4.78, 5) is 13.3. The van der Waals surface area contributed by atoms with Gasteiger partial charge in [-0.25, -0.2) is 4.68 Å². The highest BCUT2D eigenvalue weighted by atomic mass is 16.1. The summed E-state index contributed by atoms with van der Waals surface area (Å²) >= 11 is 0. The number of piperidine rings is 1. The number of carbonyl (C=O) groups is 1. The molecule has 0 saturated carbocycles. The van der Waals surface area contributed by atoms with Crippen LogP contribution >= 0.6 is 0 Å². The van der Waals surface area contributed by atoms with Crippen LogP contribution < -0.4 is 16.0 Å². The lowest BCUT2D eigenvalue weighted by molar-refractivity contribution is -0.119. The molecule has 0 spiro atoms. The first kappa shape index (κ1) is 15.7. The zero-order valence-corrected chi connectivity index (χ0v) is 13.5. The Morgan fingerprint density at radius 2 is 2.05 bits per heavy atom. The van der Waals surface area contributed by atoms with Crippen LogP contribution in [0.4, 0.5) is 11.5 Å². The van der Waals surface area contributed by atoms with Crippen LogP contribution in [0.1, 0.15) is 45.3 Å². The molecule has 2 rings (SSSR count). The summed E-state index contributed by atoms with van der Waals surface area (Å²) in [6, 6.07) is 0.299. The maximum absolute atomic E-state index is 11.0. The van der Waals surface area contributed by atoms with E-state index in [2.05, 4.69) is 29.2 Å². The molecule has 0 unspecified atom stereocenters. The van der Waals surface area contributed by atoms with E-state index in [9.17, 15) is 4.79 Å². The minimum atomic E-state index is 0.0511. The second kappa shape index (κ2) is 6.37. The predicted molar refractivity (Wildman–Crippen MR) is 85.4 cm³/mol. The molecule has 1 aromatic rings. The third-order valence-electron chi connectivity index (χ3n) is 4.15. The SMILES string of the molecule is CC(=O)NCC1CCN(c2c(N)c(C)nn2C(C)C)CC1. The molecule has 118 valence electrons. The van der Waals surface area contributed by atoms with Gasteiger partial charge in [0.15, 0.2) is 5.82 Å². The molecule has 0 radical (unpaired) electrons. The predicted octanol–water partition coefficient (Wildman–Crippen LogP) is 1.71. The Labute approximate surface area is 126 Å². The van der Waals surface area contributed by atoms with Crippen LogP contribution in [0.5, 0.6) is 0 Å². The number of hydrogen-bond donors (Lipinski definition) is 2. The van der Waals surface area contributed by atoms with Gasteiger partial charge in [-0.15, -0.1) is 0 Å². The molecule has 1 aromatic heterocycles.